The van der Waals surface area contributed by atoms with E-state index in [1.54, 1.807) is 0 Å². The summed E-state index contributed by atoms with van der Waals surface area (Å²) in [6, 6.07) is 35.8. The molecular formula is C45H44N4. The number of benzene rings is 4. The van der Waals surface area contributed by atoms with Crippen molar-refractivity contribution in [2.24, 2.45) is 0 Å². The van der Waals surface area contributed by atoms with Gasteiger partial charge >= 0.3 is 0 Å². The quantitative estimate of drug-likeness (QED) is 0.192. The van der Waals surface area contributed by atoms with Crippen molar-refractivity contribution in [1.29, 1.82) is 0 Å². The summed E-state index contributed by atoms with van der Waals surface area (Å²) in [5.41, 5.74) is 9.86. The fourth-order valence-corrected chi connectivity index (χ4v) is 8.89. The molecule has 2 fully saturated rings. The van der Waals surface area contributed by atoms with E-state index in [-0.39, 0.29) is 12.0 Å². The molecule has 244 valence electrons. The summed E-state index contributed by atoms with van der Waals surface area (Å²) >= 11 is 0. The number of para-hydroxylation sites is 1. The van der Waals surface area contributed by atoms with Crippen molar-refractivity contribution in [3.8, 4) is 33.9 Å². The molecule has 4 heteroatoms. The van der Waals surface area contributed by atoms with E-state index in [1.165, 1.54) is 92.0 Å². The monoisotopic (exact) mass is 640 g/mol. The van der Waals surface area contributed by atoms with Crippen molar-refractivity contribution in [2.45, 2.75) is 88.0 Å². The Bertz CT molecular complexity index is 1920. The second-order valence-electron chi connectivity index (χ2n) is 14.5. The maximum absolute atomic E-state index is 5.33. The Morgan fingerprint density at radius 1 is 0.490 bits per heavy atom. The Morgan fingerprint density at radius 2 is 1.02 bits per heavy atom. The van der Waals surface area contributed by atoms with Crippen molar-refractivity contribution in [3.63, 3.8) is 0 Å². The van der Waals surface area contributed by atoms with E-state index in [1.807, 2.05) is 0 Å². The molecule has 1 aliphatic heterocycles. The van der Waals surface area contributed by atoms with Crippen LogP contribution in [0.15, 0.2) is 121 Å². The zero-order valence-electron chi connectivity index (χ0n) is 28.2. The Kier molecular flexibility index (Phi) is 8.17. The van der Waals surface area contributed by atoms with Crippen molar-refractivity contribution >= 4 is 11.6 Å². The normalized spacial score (nSPS) is 20.7. The first-order valence-corrected chi connectivity index (χ1v) is 18.6. The maximum Gasteiger partial charge on any atom is 0.234 e. The van der Waals surface area contributed by atoms with Gasteiger partial charge in [0.1, 0.15) is 0 Å². The van der Waals surface area contributed by atoms with Gasteiger partial charge in [0.2, 0.25) is 5.95 Å². The lowest BCUT2D eigenvalue weighted by molar-refractivity contribution is 0.443. The first kappa shape index (κ1) is 30.2. The van der Waals surface area contributed by atoms with Gasteiger partial charge < -0.3 is 4.90 Å². The van der Waals surface area contributed by atoms with E-state index in [9.17, 15) is 0 Å². The summed E-state index contributed by atoms with van der Waals surface area (Å²) in [7, 11) is 0. The van der Waals surface area contributed by atoms with Gasteiger partial charge in [-0.2, -0.15) is 9.97 Å². The van der Waals surface area contributed by atoms with E-state index in [0.29, 0.717) is 17.8 Å². The molecule has 0 spiro atoms. The van der Waals surface area contributed by atoms with Crippen LogP contribution in [0.4, 0.5) is 11.6 Å². The van der Waals surface area contributed by atoms with E-state index in [2.05, 4.69) is 126 Å². The van der Waals surface area contributed by atoms with Gasteiger partial charge in [-0.25, -0.2) is 4.98 Å². The lowest BCUT2D eigenvalue weighted by Crippen LogP contribution is -2.35. The standard InChI is InChI=1S/C45H44N4/c1-3-13-31(14-4-1)33-23-27-35(28-24-33)43-46-44(36-29-25-34(26-30-36)32-15-5-2-6-16-32)48-45(47-43)49-41-21-11-9-19-39(41)37-17-7-8-18-38(37)40-20-10-12-22-42(40)49/h7-12,17-32,39,41H,1-6,13-16H2. The number of nitrogens with zero attached hydrogens (tertiary/aromatic N) is 4. The van der Waals surface area contributed by atoms with E-state index < -0.39 is 0 Å². The summed E-state index contributed by atoms with van der Waals surface area (Å²) < 4.78 is 0. The first-order chi connectivity index (χ1) is 24.3. The molecule has 0 radical (unpaired) electrons. The summed E-state index contributed by atoms with van der Waals surface area (Å²) in [6.07, 6.45) is 22.2. The third-order valence-electron chi connectivity index (χ3n) is 11.5. The van der Waals surface area contributed by atoms with Crippen LogP contribution in [0.25, 0.3) is 33.9 Å². The number of hydrogen-bond donors (Lipinski definition) is 0. The van der Waals surface area contributed by atoms with Gasteiger partial charge in [-0.15, -0.1) is 0 Å². The Labute approximate surface area is 290 Å². The van der Waals surface area contributed by atoms with Crippen LogP contribution in [0, 0.1) is 0 Å². The molecular weight excluding hydrogens is 597 g/mol. The number of rotatable bonds is 5. The summed E-state index contributed by atoms with van der Waals surface area (Å²) in [6.45, 7) is 0. The fraction of sp³-hybridized carbons (Fsp3) is 0.311. The van der Waals surface area contributed by atoms with Gasteiger partial charge in [-0.1, -0.05) is 154 Å². The van der Waals surface area contributed by atoms with E-state index in [0.717, 1.165) is 28.5 Å². The highest BCUT2D eigenvalue weighted by molar-refractivity contribution is 5.86. The molecule has 0 amide bonds. The Balaban J connectivity index is 1.18. The zero-order chi connectivity index (χ0) is 32.6. The van der Waals surface area contributed by atoms with Crippen LogP contribution in [0.1, 0.15) is 98.7 Å². The average molecular weight is 641 g/mol. The summed E-state index contributed by atoms with van der Waals surface area (Å²) in [5.74, 6) is 3.60. The SMILES string of the molecule is C1=CC2c3ccccc3-c3ccccc3N(c3nc(-c4ccc(C5CCCCC5)cc4)nc(-c4ccc(C5CCCCC5)cc4)n3)C2C=C1. The van der Waals surface area contributed by atoms with Crippen molar-refractivity contribution in [3.05, 3.63) is 138 Å². The van der Waals surface area contributed by atoms with Gasteiger partial charge in [-0.3, -0.25) is 0 Å². The highest BCUT2D eigenvalue weighted by Gasteiger charge is 2.36. The molecule has 4 aliphatic rings. The minimum absolute atomic E-state index is 0.0141. The van der Waals surface area contributed by atoms with Gasteiger partial charge in [0.15, 0.2) is 11.6 Å². The number of aromatic nitrogens is 3. The van der Waals surface area contributed by atoms with Crippen LogP contribution in [0.3, 0.4) is 0 Å². The van der Waals surface area contributed by atoms with Crippen LogP contribution in [-0.2, 0) is 0 Å². The van der Waals surface area contributed by atoms with Crippen LogP contribution in [0.2, 0.25) is 0 Å². The number of fused-ring (bicyclic) bond motifs is 5. The second kappa shape index (κ2) is 13.2. The number of anilines is 2. The van der Waals surface area contributed by atoms with E-state index >= 15 is 0 Å². The fourth-order valence-electron chi connectivity index (χ4n) is 8.89. The summed E-state index contributed by atoms with van der Waals surface area (Å²) in [5, 5.41) is 0. The summed E-state index contributed by atoms with van der Waals surface area (Å²) in [4.78, 5) is 18.2. The Hall–Kier alpha value is -4.83. The van der Waals surface area contributed by atoms with Crippen LogP contribution < -0.4 is 4.90 Å². The minimum Gasteiger partial charge on any atom is -0.302 e. The average Bonchev–Trinajstić information content (AvgIpc) is 3.31. The third kappa shape index (κ3) is 5.82. The molecule has 4 nitrogen and oxygen atoms in total. The van der Waals surface area contributed by atoms with Crippen LogP contribution in [-0.4, -0.2) is 21.0 Å². The molecule has 2 atom stereocenters. The van der Waals surface area contributed by atoms with Crippen molar-refractivity contribution in [1.82, 2.24) is 15.0 Å². The largest absolute Gasteiger partial charge is 0.302 e. The van der Waals surface area contributed by atoms with Gasteiger partial charge in [0.25, 0.3) is 0 Å². The first-order valence-electron chi connectivity index (χ1n) is 18.6. The van der Waals surface area contributed by atoms with E-state index in [4.69, 9.17) is 15.0 Å². The lowest BCUT2D eigenvalue weighted by Gasteiger charge is -2.34. The predicted octanol–water partition coefficient (Wildman–Crippen LogP) is 11.7. The molecule has 2 unspecified atom stereocenters. The predicted molar refractivity (Wildman–Crippen MR) is 201 cm³/mol. The molecule has 9 rings (SSSR count). The molecule has 3 aliphatic carbocycles. The molecule has 2 saturated carbocycles. The molecule has 2 heterocycles. The van der Waals surface area contributed by atoms with Crippen LogP contribution >= 0.6 is 0 Å². The smallest absolute Gasteiger partial charge is 0.234 e. The molecule has 4 aromatic carbocycles. The molecule has 49 heavy (non-hydrogen) atoms. The molecule has 0 saturated heterocycles. The minimum atomic E-state index is 0.0141. The number of hydrogen-bond acceptors (Lipinski definition) is 4. The highest BCUT2D eigenvalue weighted by Crippen LogP contribution is 2.47. The third-order valence-corrected chi connectivity index (χ3v) is 11.5. The van der Waals surface area contributed by atoms with Crippen molar-refractivity contribution in [2.75, 3.05) is 4.90 Å². The van der Waals surface area contributed by atoms with Gasteiger partial charge in [0.05, 0.1) is 11.7 Å². The topological polar surface area (TPSA) is 41.9 Å². The molecule has 0 N–H and O–H groups in total. The highest BCUT2D eigenvalue weighted by atomic mass is 15.3. The molecule has 1 aromatic heterocycles. The van der Waals surface area contributed by atoms with Gasteiger partial charge in [-0.05, 0) is 65.8 Å². The maximum atomic E-state index is 5.33. The number of allylic oxidation sites excluding steroid dienone is 2. The zero-order valence-corrected chi connectivity index (χ0v) is 28.2. The Morgan fingerprint density at radius 3 is 1.63 bits per heavy atom. The van der Waals surface area contributed by atoms with Crippen molar-refractivity contribution < 1.29 is 0 Å². The lowest BCUT2D eigenvalue weighted by atomic mass is 9.84. The second-order valence-corrected chi connectivity index (χ2v) is 14.5. The van der Waals surface area contributed by atoms with Gasteiger partial charge in [0, 0.05) is 22.6 Å². The van der Waals surface area contributed by atoms with Crippen LogP contribution in [0.5, 0.6) is 0 Å². The molecule has 0 bridgehead atoms. The molecule has 5 aromatic rings.